The summed E-state index contributed by atoms with van der Waals surface area (Å²) in [5.74, 6) is -0.188. The molecule has 1 aliphatic rings. The monoisotopic (exact) mass is 246 g/mol. The van der Waals surface area contributed by atoms with Gasteiger partial charge in [0.2, 0.25) is 0 Å². The molecule has 0 bridgehead atoms. The van der Waals surface area contributed by atoms with Crippen LogP contribution in [-0.4, -0.2) is 26.7 Å². The van der Waals surface area contributed by atoms with E-state index >= 15 is 0 Å². The van der Waals surface area contributed by atoms with E-state index in [0.717, 1.165) is 24.3 Å². The molecule has 4 nitrogen and oxygen atoms in total. The number of hydrogen-bond acceptors (Lipinski definition) is 4. The minimum Gasteiger partial charge on any atom is -0.466 e. The van der Waals surface area contributed by atoms with E-state index in [1.54, 1.807) is 0 Å². The summed E-state index contributed by atoms with van der Waals surface area (Å²) in [4.78, 5) is 10.8. The third-order valence-electron chi connectivity index (χ3n) is 2.95. The highest BCUT2D eigenvalue weighted by Crippen LogP contribution is 2.28. The predicted molar refractivity (Wildman–Crippen MR) is 61.5 cm³/mol. The molecule has 0 saturated heterocycles. The van der Waals surface area contributed by atoms with Crippen LogP contribution in [0.25, 0.3) is 0 Å². The molecule has 1 saturated carbocycles. The zero-order chi connectivity index (χ0) is 12.2. The second kappa shape index (κ2) is 5.48. The van der Waals surface area contributed by atoms with Crippen molar-refractivity contribution < 1.29 is 17.9 Å². The highest BCUT2D eigenvalue weighted by Gasteiger charge is 2.28. The van der Waals surface area contributed by atoms with Crippen molar-refractivity contribution in [3.63, 3.8) is 0 Å². The molecule has 1 rings (SSSR count). The highest BCUT2D eigenvalue weighted by molar-refractivity contribution is 7.94. The lowest BCUT2D eigenvalue weighted by Crippen LogP contribution is -2.26. The normalized spacial score (nSPS) is 26.9. The molecule has 5 heteroatoms. The molecule has 0 heterocycles. The molecule has 0 N–H and O–H groups in total. The molecule has 0 radical (unpaired) electrons. The molecule has 16 heavy (non-hydrogen) atoms. The van der Waals surface area contributed by atoms with Gasteiger partial charge in [0.25, 0.3) is 0 Å². The first-order chi connectivity index (χ1) is 7.45. The fourth-order valence-electron chi connectivity index (χ4n) is 2.01. The third kappa shape index (κ3) is 3.63. The molecule has 1 fully saturated rings. The summed E-state index contributed by atoms with van der Waals surface area (Å²) in [6.07, 6.45) is 4.39. The molecular formula is C11H18O4S. The van der Waals surface area contributed by atoms with Gasteiger partial charge in [0, 0.05) is 11.5 Å². The largest absolute Gasteiger partial charge is 0.466 e. The Labute approximate surface area is 96.6 Å². The van der Waals surface area contributed by atoms with Crippen LogP contribution in [0.4, 0.5) is 0 Å². The van der Waals surface area contributed by atoms with E-state index in [-0.39, 0.29) is 5.25 Å². The molecule has 0 aromatic carbocycles. The Hall–Kier alpha value is -0.840. The zero-order valence-corrected chi connectivity index (χ0v) is 10.5. The predicted octanol–water partition coefficient (Wildman–Crippen LogP) is 1.67. The average Bonchev–Trinajstić information content (AvgIpc) is 2.26. The van der Waals surface area contributed by atoms with E-state index in [1.165, 1.54) is 7.11 Å². The number of sulfone groups is 1. The molecule has 2 atom stereocenters. The van der Waals surface area contributed by atoms with Gasteiger partial charge in [-0.2, -0.15) is 0 Å². The molecule has 1 aliphatic carbocycles. The molecule has 0 amide bonds. The van der Waals surface area contributed by atoms with Crippen molar-refractivity contribution >= 4 is 15.8 Å². The number of carbonyl (C=O) groups excluding carboxylic acids is 1. The van der Waals surface area contributed by atoms with Crippen LogP contribution in [0.15, 0.2) is 11.5 Å². The van der Waals surface area contributed by atoms with Crippen LogP contribution in [0, 0.1) is 5.92 Å². The lowest BCUT2D eigenvalue weighted by atomic mass is 9.91. The Kier molecular flexibility index (Phi) is 4.53. The maximum absolute atomic E-state index is 11.9. The van der Waals surface area contributed by atoms with E-state index in [4.69, 9.17) is 0 Å². The smallest absolute Gasteiger partial charge is 0.331 e. The molecule has 0 aromatic heterocycles. The fraction of sp³-hybridized carbons (Fsp3) is 0.727. The number of ether oxygens (including phenoxy) is 1. The number of carbonyl (C=O) groups is 1. The van der Waals surface area contributed by atoms with Crippen LogP contribution >= 0.6 is 0 Å². The average molecular weight is 246 g/mol. The second-order valence-electron chi connectivity index (χ2n) is 4.31. The Balaban J connectivity index is 2.70. The third-order valence-corrected chi connectivity index (χ3v) is 4.82. The van der Waals surface area contributed by atoms with Crippen LogP contribution in [0.1, 0.15) is 32.6 Å². The quantitative estimate of drug-likeness (QED) is 0.561. The van der Waals surface area contributed by atoms with Crippen molar-refractivity contribution in [3.05, 3.63) is 11.5 Å². The highest BCUT2D eigenvalue weighted by atomic mass is 32.2. The van der Waals surface area contributed by atoms with E-state index in [0.29, 0.717) is 18.8 Å². The van der Waals surface area contributed by atoms with Crippen LogP contribution in [0.3, 0.4) is 0 Å². The lowest BCUT2D eigenvalue weighted by Gasteiger charge is -2.25. The van der Waals surface area contributed by atoms with Crippen molar-refractivity contribution in [2.75, 3.05) is 7.11 Å². The van der Waals surface area contributed by atoms with Crippen molar-refractivity contribution in [1.29, 1.82) is 0 Å². The first-order valence-electron chi connectivity index (χ1n) is 5.45. The van der Waals surface area contributed by atoms with E-state index in [1.807, 2.05) is 0 Å². The molecular weight excluding hydrogens is 228 g/mol. The molecule has 2 unspecified atom stereocenters. The Morgan fingerprint density at radius 2 is 2.06 bits per heavy atom. The summed E-state index contributed by atoms with van der Waals surface area (Å²) in [5.41, 5.74) is 0. The maximum atomic E-state index is 11.9. The fourth-order valence-corrected chi connectivity index (χ4v) is 3.62. The van der Waals surface area contributed by atoms with Gasteiger partial charge in [-0.3, -0.25) is 0 Å². The number of methoxy groups -OCH3 is 1. The van der Waals surface area contributed by atoms with Gasteiger partial charge in [-0.05, 0) is 18.8 Å². The minimum atomic E-state index is -3.30. The van der Waals surface area contributed by atoms with Crippen LogP contribution in [-0.2, 0) is 19.4 Å². The van der Waals surface area contributed by atoms with Crippen molar-refractivity contribution in [2.24, 2.45) is 5.92 Å². The van der Waals surface area contributed by atoms with Gasteiger partial charge in [-0.25, -0.2) is 13.2 Å². The Morgan fingerprint density at radius 1 is 1.38 bits per heavy atom. The van der Waals surface area contributed by atoms with E-state index in [9.17, 15) is 13.2 Å². The van der Waals surface area contributed by atoms with Gasteiger partial charge in [-0.15, -0.1) is 0 Å². The zero-order valence-electron chi connectivity index (χ0n) is 9.68. The molecule has 0 aromatic rings. The van der Waals surface area contributed by atoms with Gasteiger partial charge >= 0.3 is 5.97 Å². The van der Waals surface area contributed by atoms with Gasteiger partial charge in [-0.1, -0.05) is 19.8 Å². The second-order valence-corrected chi connectivity index (χ2v) is 6.43. The van der Waals surface area contributed by atoms with Gasteiger partial charge < -0.3 is 4.74 Å². The summed E-state index contributed by atoms with van der Waals surface area (Å²) < 4.78 is 28.1. The van der Waals surface area contributed by atoms with E-state index in [2.05, 4.69) is 11.7 Å². The summed E-state index contributed by atoms with van der Waals surface area (Å²) in [6.45, 7) is 2.06. The summed E-state index contributed by atoms with van der Waals surface area (Å²) in [5, 5.41) is 0.652. The minimum absolute atomic E-state index is 0.336. The molecule has 92 valence electrons. The number of rotatable bonds is 3. The van der Waals surface area contributed by atoms with Gasteiger partial charge in [0.05, 0.1) is 12.4 Å². The standard InChI is InChI=1S/C11H18O4S/c1-9-4-3-5-10(8-9)16(13,14)7-6-11(12)15-2/h6-7,9-10H,3-5,8H2,1-2H3/b7-6+. The lowest BCUT2D eigenvalue weighted by molar-refractivity contribution is -0.134. The van der Waals surface area contributed by atoms with Crippen molar-refractivity contribution in [1.82, 2.24) is 0 Å². The van der Waals surface area contributed by atoms with Crippen molar-refractivity contribution in [2.45, 2.75) is 37.9 Å². The number of esters is 1. The molecule has 0 spiro atoms. The van der Waals surface area contributed by atoms with Crippen LogP contribution in [0.5, 0.6) is 0 Å². The van der Waals surface area contributed by atoms with Gasteiger partial charge in [0.15, 0.2) is 9.84 Å². The summed E-state index contributed by atoms with van der Waals surface area (Å²) >= 11 is 0. The maximum Gasteiger partial charge on any atom is 0.331 e. The first-order valence-corrected chi connectivity index (χ1v) is 7.06. The molecule has 0 aliphatic heterocycles. The van der Waals surface area contributed by atoms with E-state index < -0.39 is 15.8 Å². The summed E-state index contributed by atoms with van der Waals surface area (Å²) in [6, 6.07) is 0. The topological polar surface area (TPSA) is 60.4 Å². The SMILES string of the molecule is COC(=O)/C=C/S(=O)(=O)C1CCCC(C)C1. The van der Waals surface area contributed by atoms with Crippen LogP contribution in [0.2, 0.25) is 0 Å². The van der Waals surface area contributed by atoms with Crippen molar-refractivity contribution in [3.8, 4) is 0 Å². The van der Waals surface area contributed by atoms with Crippen LogP contribution < -0.4 is 0 Å². The summed E-state index contributed by atoms with van der Waals surface area (Å²) in [7, 11) is -2.08. The number of hydrogen-bond donors (Lipinski definition) is 0. The Morgan fingerprint density at radius 3 is 2.62 bits per heavy atom. The first kappa shape index (κ1) is 13.2. The Bertz CT molecular complexity index is 369. The van der Waals surface area contributed by atoms with Gasteiger partial charge in [0.1, 0.15) is 0 Å².